The average molecular weight is 383 g/mol. The van der Waals surface area contributed by atoms with Crippen LogP contribution in [-0.2, 0) is 22.6 Å². The van der Waals surface area contributed by atoms with Gasteiger partial charge in [0.25, 0.3) is 0 Å². The fourth-order valence-corrected chi connectivity index (χ4v) is 5.61. The fourth-order valence-electron chi connectivity index (χ4n) is 5.61. The van der Waals surface area contributed by atoms with Crippen LogP contribution in [0.2, 0.25) is 0 Å². The second kappa shape index (κ2) is 7.57. The van der Waals surface area contributed by atoms with Crippen LogP contribution in [0.25, 0.3) is 0 Å². The van der Waals surface area contributed by atoms with Crippen molar-refractivity contribution >= 4 is 5.69 Å². The predicted octanol–water partition coefficient (Wildman–Crippen LogP) is 4.77. The smallest absolute Gasteiger partial charge is 0.123 e. The molecule has 4 unspecified atom stereocenters. The number of ether oxygens (including phenoxy) is 2. The first-order valence-corrected chi connectivity index (χ1v) is 10.7. The summed E-state index contributed by atoms with van der Waals surface area (Å²) in [6.45, 7) is 13.9. The van der Waals surface area contributed by atoms with Gasteiger partial charge in [-0.2, -0.15) is 0 Å². The molecule has 1 aliphatic carbocycles. The Bertz CT molecular complexity index is 835. The minimum Gasteiger partial charge on any atom is -0.380 e. The molecule has 152 valence electrons. The first kappa shape index (κ1) is 19.5. The van der Waals surface area contributed by atoms with Gasteiger partial charge in [-0.1, -0.05) is 19.1 Å². The van der Waals surface area contributed by atoms with Gasteiger partial charge in [0.1, 0.15) is 6.73 Å². The Morgan fingerprint density at radius 3 is 2.32 bits per heavy atom. The highest BCUT2D eigenvalue weighted by Gasteiger charge is 2.56. The molecule has 4 nitrogen and oxygen atoms in total. The van der Waals surface area contributed by atoms with Crippen molar-refractivity contribution in [2.75, 3.05) is 25.1 Å². The molecule has 1 aromatic heterocycles. The lowest BCUT2D eigenvalue weighted by atomic mass is 9.63. The van der Waals surface area contributed by atoms with Crippen molar-refractivity contribution in [3.05, 3.63) is 52.3 Å². The van der Waals surface area contributed by atoms with Gasteiger partial charge in [-0.15, -0.1) is 0 Å². The second-order valence-electron chi connectivity index (χ2n) is 8.13. The summed E-state index contributed by atoms with van der Waals surface area (Å²) in [6.07, 6.45) is 1.44. The summed E-state index contributed by atoms with van der Waals surface area (Å²) in [5.41, 5.74) is 8.32. The van der Waals surface area contributed by atoms with Gasteiger partial charge in [0.2, 0.25) is 0 Å². The maximum Gasteiger partial charge on any atom is 0.123 e. The Morgan fingerprint density at radius 1 is 1.07 bits per heavy atom. The minimum absolute atomic E-state index is 0.168. The first-order chi connectivity index (χ1) is 13.6. The fraction of sp³-hybridized carbons (Fsp3) is 0.583. The zero-order valence-corrected chi connectivity index (χ0v) is 18.2. The molecule has 0 N–H and O–H groups in total. The van der Waals surface area contributed by atoms with Gasteiger partial charge >= 0.3 is 0 Å². The normalized spacial score (nSPS) is 25.8. The lowest BCUT2D eigenvalue weighted by Crippen LogP contribution is -2.57. The SMILES string of the molecule is CCc1c(C)c2n(c1C)COC1C(c3ccc(N(CC)CC)cc3)C(OC)C21. The Labute approximate surface area is 169 Å². The molecule has 1 saturated carbocycles. The van der Waals surface area contributed by atoms with Crippen molar-refractivity contribution in [1.29, 1.82) is 0 Å². The molecule has 1 fully saturated rings. The number of anilines is 1. The van der Waals surface area contributed by atoms with E-state index in [9.17, 15) is 0 Å². The number of hydrogen-bond acceptors (Lipinski definition) is 3. The number of nitrogens with zero attached hydrogens (tertiary/aromatic N) is 2. The van der Waals surface area contributed by atoms with Crippen LogP contribution in [0.15, 0.2) is 24.3 Å². The number of rotatable bonds is 6. The van der Waals surface area contributed by atoms with E-state index in [-0.39, 0.29) is 12.2 Å². The molecule has 4 rings (SSSR count). The lowest BCUT2D eigenvalue weighted by molar-refractivity contribution is -0.165. The van der Waals surface area contributed by atoms with E-state index in [0.29, 0.717) is 18.6 Å². The Kier molecular flexibility index (Phi) is 5.28. The summed E-state index contributed by atoms with van der Waals surface area (Å²) >= 11 is 0. The number of hydrogen-bond donors (Lipinski definition) is 0. The molecule has 2 aromatic rings. The van der Waals surface area contributed by atoms with Gasteiger partial charge < -0.3 is 18.9 Å². The van der Waals surface area contributed by atoms with Crippen molar-refractivity contribution in [2.45, 2.75) is 71.8 Å². The number of fused-ring (bicyclic) bond motifs is 3. The minimum atomic E-state index is 0.168. The van der Waals surface area contributed by atoms with Gasteiger partial charge in [0, 0.05) is 43.2 Å². The molecule has 4 atom stereocenters. The molecule has 1 aliphatic heterocycles. The van der Waals surface area contributed by atoms with Crippen molar-refractivity contribution in [1.82, 2.24) is 4.57 Å². The third-order valence-corrected chi connectivity index (χ3v) is 7.13. The maximum atomic E-state index is 6.39. The number of aromatic nitrogens is 1. The zero-order chi connectivity index (χ0) is 20.0. The second-order valence-corrected chi connectivity index (χ2v) is 8.13. The van der Waals surface area contributed by atoms with Crippen LogP contribution in [0.3, 0.4) is 0 Å². The summed E-state index contributed by atoms with van der Waals surface area (Å²) in [7, 11) is 1.85. The number of benzene rings is 1. The monoisotopic (exact) mass is 382 g/mol. The van der Waals surface area contributed by atoms with Crippen LogP contribution in [0, 0.1) is 13.8 Å². The zero-order valence-electron chi connectivity index (χ0n) is 18.2. The molecule has 0 bridgehead atoms. The third-order valence-electron chi connectivity index (χ3n) is 7.13. The third kappa shape index (κ3) is 2.73. The summed E-state index contributed by atoms with van der Waals surface area (Å²) in [5.74, 6) is 0.624. The molecule has 0 spiro atoms. The van der Waals surface area contributed by atoms with Gasteiger partial charge in [0.05, 0.1) is 18.1 Å². The van der Waals surface area contributed by atoms with Crippen LogP contribution in [0.4, 0.5) is 5.69 Å². The summed E-state index contributed by atoms with van der Waals surface area (Å²) in [6, 6.07) is 9.04. The molecule has 28 heavy (non-hydrogen) atoms. The van der Waals surface area contributed by atoms with Crippen LogP contribution < -0.4 is 4.90 Å². The molecule has 4 heteroatoms. The lowest BCUT2D eigenvalue weighted by Gasteiger charge is -2.53. The van der Waals surface area contributed by atoms with E-state index in [1.807, 2.05) is 7.11 Å². The van der Waals surface area contributed by atoms with E-state index < -0.39 is 0 Å². The molecule has 0 amide bonds. The molecule has 0 radical (unpaired) electrons. The summed E-state index contributed by atoms with van der Waals surface area (Å²) in [5, 5.41) is 0. The van der Waals surface area contributed by atoms with Crippen molar-refractivity contribution < 1.29 is 9.47 Å². The van der Waals surface area contributed by atoms with E-state index in [1.165, 1.54) is 33.8 Å². The van der Waals surface area contributed by atoms with E-state index in [0.717, 1.165) is 19.5 Å². The van der Waals surface area contributed by atoms with Crippen LogP contribution in [-0.4, -0.2) is 37.0 Å². The highest BCUT2D eigenvalue weighted by Crippen LogP contribution is 2.55. The molecule has 2 aliphatic rings. The Morgan fingerprint density at radius 2 is 1.75 bits per heavy atom. The quantitative estimate of drug-likeness (QED) is 0.720. The molecule has 0 saturated heterocycles. The van der Waals surface area contributed by atoms with E-state index in [2.05, 4.69) is 68.4 Å². The van der Waals surface area contributed by atoms with E-state index in [4.69, 9.17) is 9.47 Å². The van der Waals surface area contributed by atoms with Crippen molar-refractivity contribution in [2.24, 2.45) is 0 Å². The Balaban J connectivity index is 1.65. The molecular weight excluding hydrogens is 348 g/mol. The molecular formula is C24H34N2O2. The standard InChI is InChI=1S/C24H34N2O2/c1-7-19-15(4)22-21-23(27-6)20(24(21)28-14-26(22)16(19)5)17-10-12-18(13-11-17)25(8-2)9-3/h10-13,20-21,23-24H,7-9,14H2,1-6H3. The van der Waals surface area contributed by atoms with E-state index >= 15 is 0 Å². The largest absolute Gasteiger partial charge is 0.380 e. The van der Waals surface area contributed by atoms with Crippen LogP contribution in [0.1, 0.15) is 60.7 Å². The molecule has 1 aromatic carbocycles. The number of methoxy groups -OCH3 is 1. The van der Waals surface area contributed by atoms with Gasteiger partial charge in [-0.05, 0) is 62.9 Å². The first-order valence-electron chi connectivity index (χ1n) is 10.7. The maximum absolute atomic E-state index is 6.39. The van der Waals surface area contributed by atoms with Gasteiger partial charge in [-0.25, -0.2) is 0 Å². The highest BCUT2D eigenvalue weighted by atomic mass is 16.5. The van der Waals surface area contributed by atoms with E-state index in [1.54, 1.807) is 0 Å². The van der Waals surface area contributed by atoms with Crippen LogP contribution >= 0.6 is 0 Å². The van der Waals surface area contributed by atoms with Crippen molar-refractivity contribution in [3.63, 3.8) is 0 Å². The summed E-state index contributed by atoms with van der Waals surface area (Å²) in [4.78, 5) is 2.38. The molecule has 2 heterocycles. The van der Waals surface area contributed by atoms with Crippen molar-refractivity contribution in [3.8, 4) is 0 Å². The Hall–Kier alpha value is -1.78. The highest BCUT2D eigenvalue weighted by molar-refractivity contribution is 5.50. The topological polar surface area (TPSA) is 26.6 Å². The average Bonchev–Trinajstić information content (AvgIpc) is 2.94. The van der Waals surface area contributed by atoms with Gasteiger partial charge in [-0.3, -0.25) is 0 Å². The summed E-state index contributed by atoms with van der Waals surface area (Å²) < 4.78 is 14.8. The van der Waals surface area contributed by atoms with Gasteiger partial charge in [0.15, 0.2) is 0 Å². The predicted molar refractivity (Wildman–Crippen MR) is 114 cm³/mol. The van der Waals surface area contributed by atoms with Crippen LogP contribution in [0.5, 0.6) is 0 Å².